The zero-order valence-electron chi connectivity index (χ0n) is 9.71. The second-order valence-electron chi connectivity index (χ2n) is 4.30. The predicted molar refractivity (Wildman–Crippen MR) is 55.7 cm³/mol. The van der Waals surface area contributed by atoms with Crippen molar-refractivity contribution in [2.45, 2.75) is 34.3 Å². The van der Waals surface area contributed by atoms with Crippen molar-refractivity contribution >= 4 is 24.1 Å². The Balaban J connectivity index is 3.74. The lowest BCUT2D eigenvalue weighted by Gasteiger charge is -2.46. The van der Waals surface area contributed by atoms with Gasteiger partial charge in [-0.2, -0.15) is 0 Å². The Kier molecular flexibility index (Phi) is 5.01. The van der Waals surface area contributed by atoms with Crippen LogP contribution in [0.4, 0.5) is 0 Å². The van der Waals surface area contributed by atoms with Crippen LogP contribution < -0.4 is 14.7 Å². The van der Waals surface area contributed by atoms with Gasteiger partial charge in [0, 0.05) is 0 Å². The number of hydrogen-bond acceptors (Lipinski definition) is 12. The van der Waals surface area contributed by atoms with Gasteiger partial charge in [-0.15, -0.1) is 0 Å². The average molecular weight is 366 g/mol. The van der Waals surface area contributed by atoms with E-state index in [2.05, 4.69) is 0 Å². The van der Waals surface area contributed by atoms with Crippen LogP contribution in [0.15, 0.2) is 0 Å². The number of hydrogen-bond donors (Lipinski definition) is 6. The fraction of sp³-hybridized carbons (Fsp3) is 1.00. The van der Waals surface area contributed by atoms with E-state index < -0.39 is 58.4 Å². The van der Waals surface area contributed by atoms with Gasteiger partial charge in [0.25, 0.3) is 0 Å². The lowest BCUT2D eigenvalue weighted by atomic mass is 9.83. The molecular formula is C6H9O12P3. The molecule has 0 aromatic carbocycles. The molecule has 120 valence electrons. The minimum absolute atomic E-state index is 3.03. The van der Waals surface area contributed by atoms with Crippen molar-refractivity contribution in [3.8, 4) is 0 Å². The Morgan fingerprint density at radius 3 is 1.38 bits per heavy atom. The molecule has 0 amide bonds. The fourth-order valence-electron chi connectivity index (χ4n) is 2.01. The average Bonchev–Trinajstić information content (AvgIpc) is 2.39. The molecule has 1 rings (SSSR count). The van der Waals surface area contributed by atoms with Gasteiger partial charge in [0.15, 0.2) is 12.2 Å². The van der Waals surface area contributed by atoms with E-state index in [0.29, 0.717) is 0 Å². The first-order chi connectivity index (χ1) is 9.30. The third kappa shape index (κ3) is 2.13. The summed E-state index contributed by atoms with van der Waals surface area (Å²) in [5.74, 6) is 0. The predicted octanol–water partition coefficient (Wildman–Crippen LogP) is -5.54. The van der Waals surface area contributed by atoms with Crippen LogP contribution in [0.25, 0.3) is 0 Å². The van der Waals surface area contributed by atoms with Crippen LogP contribution in [0.3, 0.4) is 0 Å². The lowest BCUT2D eigenvalue weighted by Crippen LogP contribution is -2.79. The Labute approximate surface area is 118 Å². The number of aliphatic hydroxyl groups excluding tert-OH is 3. The Bertz CT molecular complexity index is 511. The zero-order chi connectivity index (χ0) is 17.0. The van der Waals surface area contributed by atoms with Gasteiger partial charge in [-0.1, -0.05) is 13.7 Å². The van der Waals surface area contributed by atoms with E-state index in [1.165, 1.54) is 0 Å². The molecule has 0 saturated heterocycles. The molecule has 0 spiro atoms. The first kappa shape index (κ1) is 19.0. The first-order valence-corrected chi connectivity index (χ1v) is 8.48. The monoisotopic (exact) mass is 366 g/mol. The Morgan fingerprint density at radius 2 is 1.10 bits per heavy atom. The van der Waals surface area contributed by atoms with Gasteiger partial charge in [0.1, 0.15) is 0 Å². The normalized spacial score (nSPS) is 49.6. The van der Waals surface area contributed by atoms with E-state index in [9.17, 15) is 59.0 Å². The molecule has 0 bridgehead atoms. The van der Waals surface area contributed by atoms with Crippen LogP contribution in [0.2, 0.25) is 0 Å². The molecule has 0 heterocycles. The summed E-state index contributed by atoms with van der Waals surface area (Å²) in [6, 6.07) is 0. The molecule has 1 aliphatic carbocycles. The molecule has 1 saturated carbocycles. The summed E-state index contributed by atoms with van der Waals surface area (Å²) in [6.07, 6.45) is -9.57. The molecule has 1 aliphatic rings. The van der Waals surface area contributed by atoms with Crippen LogP contribution in [0, 0.1) is 0 Å². The SMILES string of the molecule is O=[P+]([O-])[C@@]1(O)[C@@H](O)[C@@](O)([P+](=O)[O-])[C@@](O)([P+](=O)[O-])[C@@H](O)[C@@H]1O. The number of aliphatic hydroxyl groups is 6. The van der Waals surface area contributed by atoms with E-state index >= 15 is 0 Å². The minimum atomic E-state index is -4.52. The van der Waals surface area contributed by atoms with Crippen molar-refractivity contribution in [2.75, 3.05) is 0 Å². The summed E-state index contributed by atoms with van der Waals surface area (Å²) >= 11 is 0. The fourth-order valence-corrected chi connectivity index (χ4v) is 4.89. The van der Waals surface area contributed by atoms with E-state index in [0.717, 1.165) is 0 Å². The molecule has 3 unspecified atom stereocenters. The second-order valence-corrected chi connectivity index (χ2v) is 7.92. The smallest absolute Gasteiger partial charge is 0.370 e. The molecule has 9 atom stereocenters. The Morgan fingerprint density at radius 1 is 0.714 bits per heavy atom. The lowest BCUT2D eigenvalue weighted by molar-refractivity contribution is -0.306. The Hall–Kier alpha value is -0.0600. The summed E-state index contributed by atoms with van der Waals surface area (Å²) < 4.78 is 33.0. The van der Waals surface area contributed by atoms with Gasteiger partial charge in [-0.05, 0) is 0 Å². The summed E-state index contributed by atoms with van der Waals surface area (Å²) in [4.78, 5) is 33.0. The van der Waals surface area contributed by atoms with Crippen LogP contribution in [0.5, 0.6) is 0 Å². The van der Waals surface area contributed by atoms with Crippen molar-refractivity contribution in [3.05, 3.63) is 0 Å². The maximum Gasteiger partial charge on any atom is 0.370 e. The van der Waals surface area contributed by atoms with Gasteiger partial charge >= 0.3 is 40.1 Å². The molecule has 0 aliphatic heterocycles. The summed E-state index contributed by atoms with van der Waals surface area (Å²) in [6.45, 7) is 0. The third-order valence-electron chi connectivity index (χ3n) is 3.32. The van der Waals surface area contributed by atoms with Crippen LogP contribution in [-0.2, 0) is 13.7 Å². The molecule has 21 heavy (non-hydrogen) atoms. The van der Waals surface area contributed by atoms with Gasteiger partial charge < -0.3 is 45.3 Å². The minimum Gasteiger partial charge on any atom is -0.593 e. The summed E-state index contributed by atoms with van der Waals surface area (Å²) in [5.41, 5.74) is 0. The molecule has 0 radical (unpaired) electrons. The van der Waals surface area contributed by atoms with E-state index in [1.54, 1.807) is 0 Å². The first-order valence-electron chi connectivity index (χ1n) is 4.95. The second kappa shape index (κ2) is 5.54. The summed E-state index contributed by atoms with van der Waals surface area (Å²) in [7, 11) is -13.2. The molecule has 6 N–H and O–H groups in total. The largest absolute Gasteiger partial charge is 0.593 e. The van der Waals surface area contributed by atoms with Gasteiger partial charge in [-0.3, -0.25) is 0 Å². The quantitative estimate of drug-likeness (QED) is 0.256. The van der Waals surface area contributed by atoms with Crippen LogP contribution in [0.1, 0.15) is 0 Å². The highest BCUT2D eigenvalue weighted by Crippen LogP contribution is 2.61. The highest BCUT2D eigenvalue weighted by atomic mass is 31.1. The van der Waals surface area contributed by atoms with Crippen molar-refractivity contribution in [2.24, 2.45) is 0 Å². The molecule has 1 fully saturated rings. The van der Waals surface area contributed by atoms with E-state index in [1.807, 2.05) is 0 Å². The zero-order valence-corrected chi connectivity index (χ0v) is 12.4. The van der Waals surface area contributed by atoms with Gasteiger partial charge in [0.05, 0.1) is 0 Å². The van der Waals surface area contributed by atoms with Crippen molar-refractivity contribution < 1.29 is 59.0 Å². The molecule has 0 aromatic rings. The number of rotatable bonds is 3. The maximum absolute atomic E-state index is 11.1. The topological polar surface area (TPSA) is 242 Å². The maximum atomic E-state index is 11.1. The van der Waals surface area contributed by atoms with Crippen molar-refractivity contribution in [1.29, 1.82) is 0 Å². The standard InChI is InChI=1S/C6H9O12P3/c7-1-2(8)5(11,20(15)16)6(12,21(17)18)3(9)4(1,10)19(13)14/h1-3,7-12H/t1-,2-,3+,4+,5-,6+/m0/s1. The molecular weight excluding hydrogens is 357 g/mol. The summed E-state index contributed by atoms with van der Waals surface area (Å²) in [5, 5.41) is 45.7. The molecule has 0 aromatic heterocycles. The van der Waals surface area contributed by atoms with Gasteiger partial charge in [-0.25, -0.2) is 0 Å². The van der Waals surface area contributed by atoms with Crippen LogP contribution >= 0.6 is 24.1 Å². The highest BCUT2D eigenvalue weighted by Gasteiger charge is 2.88. The van der Waals surface area contributed by atoms with E-state index in [4.69, 9.17) is 0 Å². The molecule has 12 nitrogen and oxygen atoms in total. The highest BCUT2D eigenvalue weighted by molar-refractivity contribution is 7.44. The van der Waals surface area contributed by atoms with E-state index in [-0.39, 0.29) is 0 Å². The van der Waals surface area contributed by atoms with Crippen molar-refractivity contribution in [3.63, 3.8) is 0 Å². The molecule has 15 heteroatoms. The third-order valence-corrected chi connectivity index (χ3v) is 6.90. The van der Waals surface area contributed by atoms with Crippen LogP contribution in [-0.4, -0.2) is 65.0 Å². The van der Waals surface area contributed by atoms with Crippen molar-refractivity contribution in [1.82, 2.24) is 0 Å². The van der Waals surface area contributed by atoms with Gasteiger partial charge in [0.2, 0.25) is 6.10 Å².